The number of aromatic hydroxyl groups is 2. The summed E-state index contributed by atoms with van der Waals surface area (Å²) >= 11 is 3.58. The lowest BCUT2D eigenvalue weighted by atomic mass is 9.67. The van der Waals surface area contributed by atoms with Crippen LogP contribution in [0.15, 0.2) is 36.4 Å². The first-order valence-corrected chi connectivity index (χ1v) is 9.49. The lowest BCUT2D eigenvalue weighted by molar-refractivity contribution is 0.362. The molecular formula is C20H21BrO2. The maximum Gasteiger partial charge on any atom is 0.116 e. The van der Waals surface area contributed by atoms with Crippen LogP contribution in [0.1, 0.15) is 53.4 Å². The number of phenolic OH excluding ortho intramolecular Hbond substituents is 2. The molecule has 0 saturated heterocycles. The zero-order valence-electron chi connectivity index (χ0n) is 13.0. The van der Waals surface area contributed by atoms with Crippen molar-refractivity contribution in [3.05, 3.63) is 58.7 Å². The molecule has 4 rings (SSSR count). The van der Waals surface area contributed by atoms with Crippen LogP contribution in [0, 0.1) is 5.92 Å². The van der Waals surface area contributed by atoms with Gasteiger partial charge in [0.25, 0.3) is 0 Å². The number of rotatable bonds is 2. The molecular weight excluding hydrogens is 352 g/mol. The first-order chi connectivity index (χ1) is 11.2. The van der Waals surface area contributed by atoms with E-state index in [1.54, 1.807) is 12.1 Å². The van der Waals surface area contributed by atoms with Crippen molar-refractivity contribution in [1.29, 1.82) is 0 Å². The van der Waals surface area contributed by atoms with Gasteiger partial charge < -0.3 is 10.2 Å². The van der Waals surface area contributed by atoms with Crippen LogP contribution < -0.4 is 0 Å². The van der Waals surface area contributed by atoms with E-state index in [0.29, 0.717) is 29.3 Å². The van der Waals surface area contributed by atoms with Crippen LogP contribution in [-0.2, 0) is 11.8 Å². The van der Waals surface area contributed by atoms with Crippen LogP contribution in [-0.4, -0.2) is 10.2 Å². The standard InChI is InChI=1S/C20H21BrO2/c21-11-13-8-15(23)9-20-17-3-1-2-16(17)18(10-19(13)20)12-4-6-14(22)7-5-12/h4-9,16-18,22-23H,1-3,10-11H2. The Hall–Kier alpha value is -1.48. The van der Waals surface area contributed by atoms with Gasteiger partial charge in [-0.15, -0.1) is 0 Å². The average Bonchev–Trinajstić information content (AvgIpc) is 3.04. The van der Waals surface area contributed by atoms with Crippen molar-refractivity contribution in [2.45, 2.75) is 42.8 Å². The third-order valence-corrected chi connectivity index (χ3v) is 6.34. The van der Waals surface area contributed by atoms with Gasteiger partial charge in [0.05, 0.1) is 0 Å². The van der Waals surface area contributed by atoms with Crippen molar-refractivity contribution >= 4 is 15.9 Å². The predicted octanol–water partition coefficient (Wildman–Crippen LogP) is 5.22. The van der Waals surface area contributed by atoms with Gasteiger partial charge in [0.2, 0.25) is 0 Å². The normalized spacial score (nSPS) is 25.9. The fraction of sp³-hybridized carbons (Fsp3) is 0.400. The minimum absolute atomic E-state index is 0.332. The van der Waals surface area contributed by atoms with E-state index in [1.165, 1.54) is 41.5 Å². The largest absolute Gasteiger partial charge is 0.508 e. The first kappa shape index (κ1) is 15.1. The second kappa shape index (κ2) is 5.86. The highest BCUT2D eigenvalue weighted by molar-refractivity contribution is 9.08. The summed E-state index contributed by atoms with van der Waals surface area (Å²) in [6, 6.07) is 11.7. The van der Waals surface area contributed by atoms with E-state index in [4.69, 9.17) is 0 Å². The number of halogens is 1. The summed E-state index contributed by atoms with van der Waals surface area (Å²) in [7, 11) is 0. The summed E-state index contributed by atoms with van der Waals surface area (Å²) in [6.07, 6.45) is 4.78. The topological polar surface area (TPSA) is 40.5 Å². The average molecular weight is 373 g/mol. The van der Waals surface area contributed by atoms with Gasteiger partial charge in [-0.1, -0.05) is 34.5 Å². The monoisotopic (exact) mass is 372 g/mol. The van der Waals surface area contributed by atoms with E-state index in [2.05, 4.69) is 28.1 Å². The van der Waals surface area contributed by atoms with Crippen molar-refractivity contribution in [2.24, 2.45) is 5.92 Å². The Kier molecular flexibility index (Phi) is 3.84. The van der Waals surface area contributed by atoms with Gasteiger partial charge in [-0.25, -0.2) is 0 Å². The van der Waals surface area contributed by atoms with E-state index in [9.17, 15) is 10.2 Å². The van der Waals surface area contributed by atoms with Crippen LogP contribution >= 0.6 is 15.9 Å². The zero-order chi connectivity index (χ0) is 16.0. The van der Waals surface area contributed by atoms with E-state index in [0.717, 1.165) is 11.8 Å². The number of hydrogen-bond acceptors (Lipinski definition) is 2. The SMILES string of the molecule is Oc1ccc(C2Cc3c(CBr)cc(O)cc3C3CCCC23)cc1. The molecule has 23 heavy (non-hydrogen) atoms. The Balaban J connectivity index is 1.81. The van der Waals surface area contributed by atoms with Gasteiger partial charge in [0.1, 0.15) is 11.5 Å². The molecule has 120 valence electrons. The van der Waals surface area contributed by atoms with Gasteiger partial charge in [-0.3, -0.25) is 0 Å². The summed E-state index contributed by atoms with van der Waals surface area (Å²) in [5, 5.41) is 20.4. The summed E-state index contributed by atoms with van der Waals surface area (Å²) in [6.45, 7) is 0. The van der Waals surface area contributed by atoms with E-state index >= 15 is 0 Å². The summed E-state index contributed by atoms with van der Waals surface area (Å²) < 4.78 is 0. The van der Waals surface area contributed by atoms with Crippen LogP contribution in [0.4, 0.5) is 0 Å². The third-order valence-electron chi connectivity index (χ3n) is 5.74. The zero-order valence-corrected chi connectivity index (χ0v) is 14.6. The van der Waals surface area contributed by atoms with Gasteiger partial charge in [0, 0.05) is 5.33 Å². The number of hydrogen-bond donors (Lipinski definition) is 2. The molecule has 2 N–H and O–H groups in total. The van der Waals surface area contributed by atoms with Crippen molar-refractivity contribution in [3.8, 4) is 11.5 Å². The number of fused-ring (bicyclic) bond motifs is 3. The van der Waals surface area contributed by atoms with Crippen molar-refractivity contribution in [2.75, 3.05) is 0 Å². The van der Waals surface area contributed by atoms with Gasteiger partial charge in [-0.05, 0) is 83.5 Å². The summed E-state index contributed by atoms with van der Waals surface area (Å²) in [4.78, 5) is 0. The van der Waals surface area contributed by atoms with Gasteiger partial charge in [-0.2, -0.15) is 0 Å². The van der Waals surface area contributed by atoms with Crippen LogP contribution in [0.25, 0.3) is 0 Å². The Bertz CT molecular complexity index is 723. The molecule has 0 radical (unpaired) electrons. The molecule has 0 amide bonds. The molecule has 2 aliphatic carbocycles. The lowest BCUT2D eigenvalue weighted by Crippen LogP contribution is -2.25. The predicted molar refractivity (Wildman–Crippen MR) is 95.4 cm³/mol. The third kappa shape index (κ3) is 2.55. The lowest BCUT2D eigenvalue weighted by Gasteiger charge is -2.37. The molecule has 1 saturated carbocycles. The molecule has 0 heterocycles. The highest BCUT2D eigenvalue weighted by Crippen LogP contribution is 2.54. The Morgan fingerprint density at radius 2 is 1.74 bits per heavy atom. The fourth-order valence-electron chi connectivity index (χ4n) is 4.75. The smallest absolute Gasteiger partial charge is 0.116 e. The van der Waals surface area contributed by atoms with Crippen LogP contribution in [0.3, 0.4) is 0 Å². The second-order valence-corrected chi connectivity index (χ2v) is 7.47. The van der Waals surface area contributed by atoms with Gasteiger partial charge >= 0.3 is 0 Å². The summed E-state index contributed by atoms with van der Waals surface area (Å²) in [5.74, 6) is 2.45. The fourth-order valence-corrected chi connectivity index (χ4v) is 5.25. The molecule has 1 fully saturated rings. The Morgan fingerprint density at radius 1 is 0.957 bits per heavy atom. The molecule has 2 aliphatic rings. The molecule has 0 aliphatic heterocycles. The minimum atomic E-state index is 0.332. The van der Waals surface area contributed by atoms with Gasteiger partial charge in [0.15, 0.2) is 0 Å². The summed E-state index contributed by atoms with van der Waals surface area (Å²) in [5.41, 5.74) is 5.34. The molecule has 0 aromatic heterocycles. The Labute approximate surface area is 145 Å². The van der Waals surface area contributed by atoms with Crippen molar-refractivity contribution in [1.82, 2.24) is 0 Å². The van der Waals surface area contributed by atoms with E-state index < -0.39 is 0 Å². The maximum absolute atomic E-state index is 10.1. The molecule has 2 aromatic carbocycles. The highest BCUT2D eigenvalue weighted by Gasteiger charge is 2.41. The van der Waals surface area contributed by atoms with E-state index in [-0.39, 0.29) is 0 Å². The molecule has 2 aromatic rings. The quantitative estimate of drug-likeness (QED) is 0.709. The molecule has 2 nitrogen and oxygen atoms in total. The van der Waals surface area contributed by atoms with Crippen molar-refractivity contribution in [3.63, 3.8) is 0 Å². The molecule has 3 unspecified atom stereocenters. The molecule has 0 spiro atoms. The molecule has 3 atom stereocenters. The van der Waals surface area contributed by atoms with E-state index in [1.807, 2.05) is 12.1 Å². The second-order valence-electron chi connectivity index (χ2n) is 6.91. The molecule has 3 heteroatoms. The van der Waals surface area contributed by atoms with Crippen LogP contribution in [0.5, 0.6) is 11.5 Å². The first-order valence-electron chi connectivity index (χ1n) is 8.37. The number of alkyl halides is 1. The minimum Gasteiger partial charge on any atom is -0.508 e. The number of benzene rings is 2. The highest BCUT2D eigenvalue weighted by atomic mass is 79.9. The maximum atomic E-state index is 10.1. The Morgan fingerprint density at radius 3 is 2.48 bits per heavy atom. The molecule has 0 bridgehead atoms. The van der Waals surface area contributed by atoms with Crippen molar-refractivity contribution < 1.29 is 10.2 Å². The number of phenols is 2. The van der Waals surface area contributed by atoms with Crippen LogP contribution in [0.2, 0.25) is 0 Å².